The third-order valence-electron chi connectivity index (χ3n) is 6.60. The highest BCUT2D eigenvalue weighted by Gasteiger charge is 2.33. The van der Waals surface area contributed by atoms with Gasteiger partial charge < -0.3 is 19.7 Å². The lowest BCUT2D eigenvalue weighted by molar-refractivity contribution is -0.140. The molecule has 1 aliphatic heterocycles. The molecule has 224 valence electrons. The molecule has 3 N–H and O–H groups in total. The van der Waals surface area contributed by atoms with Crippen molar-refractivity contribution in [3.63, 3.8) is 0 Å². The molecule has 1 aromatic carbocycles. The van der Waals surface area contributed by atoms with Gasteiger partial charge in [0, 0.05) is 49.2 Å². The van der Waals surface area contributed by atoms with Crippen LogP contribution in [0.5, 0.6) is 0 Å². The van der Waals surface area contributed by atoms with Crippen molar-refractivity contribution in [2.24, 2.45) is 5.92 Å². The van der Waals surface area contributed by atoms with Crippen LogP contribution in [0.15, 0.2) is 53.2 Å². The number of amides is 1. The number of carbonyl (C=O) groups excluding carboxylic acids is 1. The number of nitriles is 1. The van der Waals surface area contributed by atoms with E-state index in [0.29, 0.717) is 30.1 Å². The van der Waals surface area contributed by atoms with Crippen LogP contribution < -0.4 is 14.9 Å². The number of nitrogens with zero attached hydrogens (tertiary/aromatic N) is 5. The Morgan fingerprint density at radius 3 is 2.42 bits per heavy atom. The van der Waals surface area contributed by atoms with Gasteiger partial charge >= 0.3 is 5.97 Å². The van der Waals surface area contributed by atoms with Crippen LogP contribution in [0.2, 0.25) is 0 Å². The summed E-state index contributed by atoms with van der Waals surface area (Å²) in [6, 6.07) is 11.7. The minimum atomic E-state index is -3.93. The molecular formula is C29H31N7O6S. The van der Waals surface area contributed by atoms with Gasteiger partial charge in [-0.1, -0.05) is 25.7 Å². The molecule has 1 fully saturated rings. The molecule has 3 aromatic rings. The lowest BCUT2D eigenvalue weighted by atomic mass is 10.1. The summed E-state index contributed by atoms with van der Waals surface area (Å²) in [5.41, 5.74) is 2.86. The Morgan fingerprint density at radius 2 is 1.77 bits per heavy atom. The van der Waals surface area contributed by atoms with Crippen LogP contribution in [0.3, 0.4) is 0 Å². The molecule has 2 aromatic heterocycles. The van der Waals surface area contributed by atoms with Crippen molar-refractivity contribution in [1.29, 1.82) is 5.26 Å². The summed E-state index contributed by atoms with van der Waals surface area (Å²) in [6.45, 7) is 4.60. The number of aliphatic carboxylic acids is 1. The van der Waals surface area contributed by atoms with Crippen molar-refractivity contribution >= 4 is 27.8 Å². The summed E-state index contributed by atoms with van der Waals surface area (Å²) in [4.78, 5) is 33.7. The van der Waals surface area contributed by atoms with E-state index in [0.717, 1.165) is 11.3 Å². The van der Waals surface area contributed by atoms with Gasteiger partial charge in [-0.2, -0.15) is 22.7 Å². The summed E-state index contributed by atoms with van der Waals surface area (Å²) >= 11 is 0. The number of aromatic nitrogens is 2. The molecule has 0 saturated carbocycles. The fourth-order valence-electron chi connectivity index (χ4n) is 4.28. The average molecular weight is 606 g/mol. The Morgan fingerprint density at radius 1 is 1.07 bits per heavy atom. The van der Waals surface area contributed by atoms with E-state index in [1.807, 2.05) is 30.3 Å². The number of oxazole rings is 1. The van der Waals surface area contributed by atoms with Gasteiger partial charge in [0.15, 0.2) is 0 Å². The van der Waals surface area contributed by atoms with Gasteiger partial charge in [-0.05, 0) is 42.3 Å². The molecular weight excluding hydrogens is 574 g/mol. The Labute approximate surface area is 249 Å². The lowest BCUT2D eigenvalue weighted by Crippen LogP contribution is -2.55. The summed E-state index contributed by atoms with van der Waals surface area (Å²) in [5, 5.41) is 20.3. The quantitative estimate of drug-likeness (QED) is 0.226. The second-order valence-corrected chi connectivity index (χ2v) is 11.7. The molecule has 43 heavy (non-hydrogen) atoms. The van der Waals surface area contributed by atoms with Crippen LogP contribution in [-0.2, 0) is 26.2 Å². The number of rotatable bonds is 10. The SMILES string of the molecule is CC(C)[C@@H](NS(=O)(=O)N1CCN(c2ccc(C#Cc3ccnc(-c4ncc(CC(=O)NCC#N)o4)c3)cc2)CC1)C(=O)O. The Kier molecular flexibility index (Phi) is 10.1. The summed E-state index contributed by atoms with van der Waals surface area (Å²) in [7, 11) is -3.93. The van der Waals surface area contributed by atoms with E-state index in [1.54, 1.807) is 32.2 Å². The molecule has 0 aliphatic carbocycles. The second kappa shape index (κ2) is 13.9. The third-order valence-corrected chi connectivity index (χ3v) is 8.20. The smallest absolute Gasteiger partial charge is 0.322 e. The fourth-order valence-corrected chi connectivity index (χ4v) is 5.77. The van der Waals surface area contributed by atoms with E-state index >= 15 is 0 Å². The topological polar surface area (TPSA) is 182 Å². The number of piperazine rings is 1. The lowest BCUT2D eigenvalue weighted by Gasteiger charge is -2.36. The molecule has 3 heterocycles. The maximum Gasteiger partial charge on any atom is 0.322 e. The number of hydrogen-bond donors (Lipinski definition) is 3. The Bertz CT molecular complexity index is 1660. The predicted molar refractivity (Wildman–Crippen MR) is 157 cm³/mol. The van der Waals surface area contributed by atoms with E-state index in [9.17, 15) is 23.1 Å². The molecule has 0 radical (unpaired) electrons. The first-order valence-corrected chi connectivity index (χ1v) is 14.9. The van der Waals surface area contributed by atoms with Crippen molar-refractivity contribution in [3.05, 3.63) is 65.7 Å². The van der Waals surface area contributed by atoms with Crippen molar-refractivity contribution < 1.29 is 27.5 Å². The van der Waals surface area contributed by atoms with Crippen molar-refractivity contribution in [3.8, 4) is 29.5 Å². The zero-order valence-electron chi connectivity index (χ0n) is 23.6. The van der Waals surface area contributed by atoms with Crippen molar-refractivity contribution in [1.82, 2.24) is 24.3 Å². The van der Waals surface area contributed by atoms with Crippen LogP contribution in [0, 0.1) is 29.1 Å². The molecule has 0 bridgehead atoms. The molecule has 1 atom stereocenters. The first-order valence-electron chi connectivity index (χ1n) is 13.5. The summed E-state index contributed by atoms with van der Waals surface area (Å²) in [6.07, 6.45) is 2.99. The van der Waals surface area contributed by atoms with Gasteiger partial charge in [-0.3, -0.25) is 14.6 Å². The number of carboxylic acid groups (broad SMARTS) is 1. The van der Waals surface area contributed by atoms with Gasteiger partial charge in [-0.25, -0.2) is 4.98 Å². The number of benzene rings is 1. The normalized spacial score (nSPS) is 14.4. The molecule has 13 nitrogen and oxygen atoms in total. The van der Waals surface area contributed by atoms with Gasteiger partial charge in [0.25, 0.3) is 10.2 Å². The highest BCUT2D eigenvalue weighted by atomic mass is 32.2. The largest absolute Gasteiger partial charge is 0.480 e. The maximum absolute atomic E-state index is 12.7. The van der Waals surface area contributed by atoms with Crippen LogP contribution >= 0.6 is 0 Å². The number of carbonyl (C=O) groups is 2. The first kappa shape index (κ1) is 31.2. The zero-order chi connectivity index (χ0) is 31.0. The van der Waals surface area contributed by atoms with Gasteiger partial charge in [-0.15, -0.1) is 0 Å². The zero-order valence-corrected chi connectivity index (χ0v) is 24.5. The summed E-state index contributed by atoms with van der Waals surface area (Å²) in [5.74, 6) is 4.87. The van der Waals surface area contributed by atoms with Gasteiger partial charge in [0.05, 0.1) is 18.7 Å². The highest BCUT2D eigenvalue weighted by Crippen LogP contribution is 2.20. The van der Waals surface area contributed by atoms with Crippen molar-refractivity contribution in [2.75, 3.05) is 37.6 Å². The monoisotopic (exact) mass is 605 g/mol. The number of hydrogen-bond acceptors (Lipinski definition) is 9. The van der Waals surface area contributed by atoms with E-state index in [1.165, 1.54) is 10.5 Å². The number of pyridine rings is 1. The average Bonchev–Trinajstić information content (AvgIpc) is 3.46. The molecule has 1 saturated heterocycles. The maximum atomic E-state index is 12.7. The Hall–Kier alpha value is -4.76. The van der Waals surface area contributed by atoms with Gasteiger partial charge in [0.2, 0.25) is 11.8 Å². The van der Waals surface area contributed by atoms with E-state index in [4.69, 9.17) is 9.68 Å². The summed E-state index contributed by atoms with van der Waals surface area (Å²) < 4.78 is 34.7. The minimum Gasteiger partial charge on any atom is -0.480 e. The van der Waals surface area contributed by atoms with E-state index < -0.39 is 22.2 Å². The third kappa shape index (κ3) is 8.39. The number of nitrogens with one attached hydrogen (secondary N) is 2. The molecule has 4 rings (SSSR count). The van der Waals surface area contributed by atoms with Gasteiger partial charge in [0.1, 0.15) is 24.0 Å². The van der Waals surface area contributed by atoms with Crippen molar-refractivity contribution in [2.45, 2.75) is 26.3 Å². The number of anilines is 1. The fraction of sp³-hybridized carbons (Fsp3) is 0.345. The van der Waals surface area contributed by atoms with E-state index in [2.05, 4.69) is 36.7 Å². The minimum absolute atomic E-state index is 0.0400. The molecule has 0 spiro atoms. The second-order valence-electron chi connectivity index (χ2n) is 10.0. The first-order chi connectivity index (χ1) is 20.6. The van der Waals surface area contributed by atoms with E-state index in [-0.39, 0.29) is 43.8 Å². The van der Waals surface area contributed by atoms with Crippen LogP contribution in [0.1, 0.15) is 30.7 Å². The molecule has 1 aliphatic rings. The predicted octanol–water partition coefficient (Wildman–Crippen LogP) is 1.38. The molecule has 0 unspecified atom stereocenters. The van der Waals surface area contributed by atoms with Crippen LogP contribution in [-0.4, -0.2) is 78.4 Å². The highest BCUT2D eigenvalue weighted by molar-refractivity contribution is 7.87. The molecule has 1 amide bonds. The molecule has 14 heteroatoms. The van der Waals surface area contributed by atoms with Crippen LogP contribution in [0.4, 0.5) is 5.69 Å². The number of carboxylic acids is 1. The Balaban J connectivity index is 1.34. The van der Waals surface area contributed by atoms with Crippen LogP contribution in [0.25, 0.3) is 11.6 Å². The standard InChI is InChI=1S/C29H31N7O6S/c1-20(2)27(29(38)39)34-43(40,41)36-15-13-35(14-16-36)23-7-5-21(6-8-23)3-4-22-9-11-31-25(17-22)28-33-19-24(42-28)18-26(37)32-12-10-30/h5-9,11,17,19-20,27,34H,12-16,18H2,1-2H3,(H,32,37)(H,38,39)/t27-/m1/s1.